The second-order valence-electron chi connectivity index (χ2n) is 9.37. The number of amides is 2. The van der Waals surface area contributed by atoms with E-state index in [2.05, 4.69) is 19.2 Å². The third-order valence-corrected chi connectivity index (χ3v) is 7.69. The quantitative estimate of drug-likeness (QED) is 0.672. The number of carbonyl (C=O) groups excluding carboxylic acids is 2. The number of nitrogens with one attached hydrogen (secondary N) is 1. The van der Waals surface area contributed by atoms with Crippen LogP contribution in [0.4, 0.5) is 5.69 Å². The monoisotopic (exact) mass is 471 g/mol. The molecule has 2 amide bonds. The van der Waals surface area contributed by atoms with E-state index < -0.39 is 21.5 Å². The van der Waals surface area contributed by atoms with Crippen molar-refractivity contribution in [3.8, 4) is 0 Å². The second-order valence-corrected chi connectivity index (χ2v) is 11.3. The van der Waals surface area contributed by atoms with Crippen LogP contribution in [0.1, 0.15) is 38.3 Å². The number of anilines is 1. The van der Waals surface area contributed by atoms with E-state index in [0.717, 1.165) is 21.9 Å². The van der Waals surface area contributed by atoms with Crippen molar-refractivity contribution in [3.63, 3.8) is 0 Å². The van der Waals surface area contributed by atoms with Gasteiger partial charge in [-0.05, 0) is 68.5 Å². The molecule has 0 aliphatic carbocycles. The maximum Gasteiger partial charge on any atom is 0.247 e. The van der Waals surface area contributed by atoms with Crippen LogP contribution >= 0.6 is 0 Å². The highest BCUT2D eigenvalue weighted by atomic mass is 32.2. The molecular formula is C25H33N3O4S. The zero-order chi connectivity index (χ0) is 24.4. The molecule has 0 bridgehead atoms. The molecule has 0 radical (unpaired) electrons. The lowest BCUT2D eigenvalue weighted by Crippen LogP contribution is -2.70. The lowest BCUT2D eigenvalue weighted by atomic mass is 9.93. The van der Waals surface area contributed by atoms with Crippen molar-refractivity contribution < 1.29 is 18.0 Å². The van der Waals surface area contributed by atoms with Gasteiger partial charge in [0.05, 0.1) is 11.4 Å². The van der Waals surface area contributed by atoms with Crippen molar-refractivity contribution in [2.24, 2.45) is 5.92 Å². The molecule has 3 rings (SSSR count). The van der Waals surface area contributed by atoms with E-state index in [9.17, 15) is 18.0 Å². The van der Waals surface area contributed by atoms with Crippen LogP contribution in [0.2, 0.25) is 0 Å². The molecule has 0 saturated carbocycles. The molecule has 33 heavy (non-hydrogen) atoms. The molecule has 0 spiro atoms. The molecule has 1 aliphatic heterocycles. The molecule has 2 aromatic rings. The van der Waals surface area contributed by atoms with Gasteiger partial charge in [0.2, 0.25) is 21.8 Å². The third kappa shape index (κ3) is 5.28. The summed E-state index contributed by atoms with van der Waals surface area (Å²) in [6.45, 7) is 9.60. The predicted octanol–water partition coefficient (Wildman–Crippen LogP) is 3.26. The summed E-state index contributed by atoms with van der Waals surface area (Å²) in [5, 5.41) is 2.93. The third-order valence-electron chi connectivity index (χ3n) is 5.88. The smallest absolute Gasteiger partial charge is 0.247 e. The summed E-state index contributed by atoms with van der Waals surface area (Å²) in [7, 11) is -3.95. The Kier molecular flexibility index (Phi) is 7.29. The van der Waals surface area contributed by atoms with Crippen LogP contribution in [-0.4, -0.2) is 49.7 Å². The number of benzene rings is 2. The van der Waals surface area contributed by atoms with E-state index in [1.807, 2.05) is 32.0 Å². The average molecular weight is 472 g/mol. The van der Waals surface area contributed by atoms with Crippen LogP contribution in [0, 0.1) is 19.8 Å². The molecule has 0 aromatic heterocycles. The Labute approximate surface area is 196 Å². The molecule has 178 valence electrons. The minimum Gasteiger partial charge on any atom is -0.354 e. The summed E-state index contributed by atoms with van der Waals surface area (Å²) in [5.74, 6) is -0.410. The molecule has 1 atom stereocenters. The molecule has 7 nitrogen and oxygen atoms in total. The molecule has 1 aliphatic rings. The van der Waals surface area contributed by atoms with Gasteiger partial charge in [-0.2, -0.15) is 4.31 Å². The first kappa shape index (κ1) is 24.9. The average Bonchev–Trinajstić information content (AvgIpc) is 2.72. The maximum absolute atomic E-state index is 13.5. The van der Waals surface area contributed by atoms with Gasteiger partial charge in [-0.15, -0.1) is 0 Å². The van der Waals surface area contributed by atoms with Gasteiger partial charge >= 0.3 is 0 Å². The van der Waals surface area contributed by atoms with Crippen molar-refractivity contribution in [1.82, 2.24) is 9.62 Å². The minimum atomic E-state index is -3.95. The first-order valence-corrected chi connectivity index (χ1v) is 12.6. The Hall–Kier alpha value is -2.71. The normalized spacial score (nSPS) is 19.7. The fourth-order valence-electron chi connectivity index (χ4n) is 4.23. The number of carbonyl (C=O) groups is 2. The highest BCUT2D eigenvalue weighted by molar-refractivity contribution is 7.89. The summed E-state index contributed by atoms with van der Waals surface area (Å²) in [4.78, 5) is 28.5. The van der Waals surface area contributed by atoms with Gasteiger partial charge in [0.25, 0.3) is 0 Å². The minimum absolute atomic E-state index is 0.0974. The molecule has 2 aromatic carbocycles. The largest absolute Gasteiger partial charge is 0.354 e. The van der Waals surface area contributed by atoms with Crippen LogP contribution < -0.4 is 10.2 Å². The van der Waals surface area contributed by atoms with Crippen LogP contribution in [0.5, 0.6) is 0 Å². The molecule has 1 heterocycles. The van der Waals surface area contributed by atoms with Gasteiger partial charge < -0.3 is 5.32 Å². The van der Waals surface area contributed by atoms with Gasteiger partial charge in [0.1, 0.15) is 5.54 Å². The Morgan fingerprint density at radius 1 is 1.09 bits per heavy atom. The van der Waals surface area contributed by atoms with Crippen LogP contribution in [-0.2, 0) is 19.6 Å². The van der Waals surface area contributed by atoms with E-state index in [0.29, 0.717) is 18.2 Å². The number of rotatable bonds is 7. The Morgan fingerprint density at radius 2 is 1.70 bits per heavy atom. The summed E-state index contributed by atoms with van der Waals surface area (Å²) >= 11 is 0. The van der Waals surface area contributed by atoms with E-state index in [4.69, 9.17) is 0 Å². The zero-order valence-electron chi connectivity index (χ0n) is 20.0. The number of sulfonamides is 1. The van der Waals surface area contributed by atoms with E-state index in [-0.39, 0.29) is 23.9 Å². The molecular weight excluding hydrogens is 438 g/mol. The van der Waals surface area contributed by atoms with Crippen molar-refractivity contribution in [2.45, 2.75) is 51.5 Å². The Morgan fingerprint density at radius 3 is 2.27 bits per heavy atom. The summed E-state index contributed by atoms with van der Waals surface area (Å²) in [6, 6.07) is 13.7. The maximum atomic E-state index is 13.5. The highest BCUT2D eigenvalue weighted by Crippen LogP contribution is 2.33. The van der Waals surface area contributed by atoms with Crippen molar-refractivity contribution in [1.29, 1.82) is 0 Å². The predicted molar refractivity (Wildman–Crippen MR) is 129 cm³/mol. The van der Waals surface area contributed by atoms with E-state index in [1.54, 1.807) is 25.1 Å². The standard InChI is InChI=1S/C25H33N3O4S/c1-18(2)11-12-26-24(30)25(5)17-27(33(31,32)22-9-7-6-8-10-22)16-23(29)28(25)21-14-19(3)13-20(4)15-21/h6-10,13-15,18H,11-12,16-17H2,1-5H3,(H,26,30). The van der Waals surface area contributed by atoms with Crippen LogP contribution in [0.25, 0.3) is 0 Å². The topological polar surface area (TPSA) is 86.8 Å². The van der Waals surface area contributed by atoms with Gasteiger partial charge in [-0.3, -0.25) is 14.5 Å². The van der Waals surface area contributed by atoms with Crippen molar-refractivity contribution >= 4 is 27.5 Å². The lowest BCUT2D eigenvalue weighted by Gasteiger charge is -2.46. The van der Waals surface area contributed by atoms with Gasteiger partial charge in [0, 0.05) is 18.8 Å². The van der Waals surface area contributed by atoms with Gasteiger partial charge in [-0.1, -0.05) is 38.1 Å². The van der Waals surface area contributed by atoms with E-state index >= 15 is 0 Å². The molecule has 8 heteroatoms. The molecule has 1 fully saturated rings. The number of hydrogen-bond acceptors (Lipinski definition) is 4. The molecule has 1 unspecified atom stereocenters. The van der Waals surface area contributed by atoms with Gasteiger partial charge in [-0.25, -0.2) is 8.42 Å². The van der Waals surface area contributed by atoms with Crippen molar-refractivity contribution in [3.05, 3.63) is 59.7 Å². The van der Waals surface area contributed by atoms with Crippen LogP contribution in [0.3, 0.4) is 0 Å². The fourth-order valence-corrected chi connectivity index (χ4v) is 5.73. The Balaban J connectivity index is 2.03. The summed E-state index contributed by atoms with van der Waals surface area (Å²) in [5.41, 5.74) is 1.10. The SMILES string of the molecule is Cc1cc(C)cc(N2C(=O)CN(S(=O)(=O)c3ccccc3)CC2(C)C(=O)NCCC(C)C)c1. The lowest BCUT2D eigenvalue weighted by molar-refractivity contribution is -0.132. The number of nitrogens with zero attached hydrogens (tertiary/aromatic N) is 2. The summed E-state index contributed by atoms with van der Waals surface area (Å²) < 4.78 is 27.8. The Bertz CT molecular complexity index is 1110. The second kappa shape index (κ2) is 9.65. The van der Waals surface area contributed by atoms with Crippen molar-refractivity contribution in [2.75, 3.05) is 24.5 Å². The van der Waals surface area contributed by atoms with Crippen LogP contribution in [0.15, 0.2) is 53.4 Å². The first-order valence-electron chi connectivity index (χ1n) is 11.2. The fraction of sp³-hybridized carbons (Fsp3) is 0.440. The first-order chi connectivity index (χ1) is 15.4. The zero-order valence-corrected chi connectivity index (χ0v) is 20.8. The molecule has 1 saturated heterocycles. The number of piperazine rings is 1. The van der Waals surface area contributed by atoms with E-state index in [1.165, 1.54) is 17.0 Å². The summed E-state index contributed by atoms with van der Waals surface area (Å²) in [6.07, 6.45) is 0.783. The number of hydrogen-bond donors (Lipinski definition) is 1. The molecule has 1 N–H and O–H groups in total. The number of aryl methyl sites for hydroxylation is 2. The highest BCUT2D eigenvalue weighted by Gasteiger charge is 2.51. The van der Waals surface area contributed by atoms with Gasteiger partial charge in [0.15, 0.2) is 0 Å².